The fourth-order valence-corrected chi connectivity index (χ4v) is 4.13. The molecule has 6 heteroatoms. The molecule has 2 aromatic carbocycles. The van der Waals surface area contributed by atoms with E-state index in [0.29, 0.717) is 25.2 Å². The number of benzene rings is 2. The summed E-state index contributed by atoms with van der Waals surface area (Å²) >= 11 is 1.47. The third kappa shape index (κ3) is 3.55. The molecule has 1 N–H and O–H groups in total. The molecule has 4 nitrogen and oxygen atoms in total. The van der Waals surface area contributed by atoms with Gasteiger partial charge in [0, 0.05) is 19.6 Å². The number of nitrogens with one attached hydrogen (secondary N) is 1. The highest BCUT2D eigenvalue weighted by molar-refractivity contribution is 7.22. The Hall–Kier alpha value is -2.47. The van der Waals surface area contributed by atoms with Gasteiger partial charge in [-0.25, -0.2) is 9.37 Å². The molecular weight excluding hydrogens is 349 g/mol. The van der Waals surface area contributed by atoms with Crippen LogP contribution in [0.5, 0.6) is 0 Å². The lowest BCUT2D eigenvalue weighted by Crippen LogP contribution is -2.53. The molecule has 0 radical (unpaired) electrons. The zero-order chi connectivity index (χ0) is 17.9. The van der Waals surface area contributed by atoms with Gasteiger partial charge >= 0.3 is 0 Å². The van der Waals surface area contributed by atoms with Crippen molar-refractivity contribution in [1.29, 1.82) is 0 Å². The lowest BCUT2D eigenvalue weighted by molar-refractivity contribution is -0.125. The first-order chi connectivity index (χ1) is 12.7. The second-order valence-electron chi connectivity index (χ2n) is 6.57. The van der Waals surface area contributed by atoms with E-state index in [0.717, 1.165) is 22.7 Å². The first-order valence-corrected chi connectivity index (χ1v) is 9.64. The highest BCUT2D eigenvalue weighted by Crippen LogP contribution is 2.33. The number of anilines is 1. The zero-order valence-electron chi connectivity index (χ0n) is 14.3. The van der Waals surface area contributed by atoms with Crippen LogP contribution >= 0.6 is 11.3 Å². The standard InChI is InChI=1S/C20H20FN3OS/c21-16-9-4-10-17-18(16)23-20(26-17)24-12-15(13-24)19(25)22-11-5-8-14-6-2-1-3-7-14/h1-4,6-7,9-10,15H,5,8,11-13H2,(H,22,25). The number of carbonyl (C=O) groups is 1. The molecule has 0 unspecified atom stereocenters. The molecule has 0 atom stereocenters. The van der Waals surface area contributed by atoms with Crippen LogP contribution in [0.2, 0.25) is 0 Å². The van der Waals surface area contributed by atoms with Gasteiger partial charge < -0.3 is 10.2 Å². The van der Waals surface area contributed by atoms with Crippen LogP contribution in [0.3, 0.4) is 0 Å². The molecular formula is C20H20FN3OS. The van der Waals surface area contributed by atoms with Crippen LogP contribution in [0.4, 0.5) is 9.52 Å². The summed E-state index contributed by atoms with van der Waals surface area (Å²) in [6.07, 6.45) is 1.90. The van der Waals surface area contributed by atoms with Crippen molar-refractivity contribution in [3.63, 3.8) is 0 Å². The maximum atomic E-state index is 13.7. The van der Waals surface area contributed by atoms with E-state index in [4.69, 9.17) is 0 Å². The molecule has 0 aliphatic carbocycles. The van der Waals surface area contributed by atoms with E-state index < -0.39 is 0 Å². The van der Waals surface area contributed by atoms with Crippen LogP contribution in [0.15, 0.2) is 48.5 Å². The first kappa shape index (κ1) is 17.0. The fraction of sp³-hybridized carbons (Fsp3) is 0.300. The number of fused-ring (bicyclic) bond motifs is 1. The van der Waals surface area contributed by atoms with Gasteiger partial charge in [-0.15, -0.1) is 0 Å². The van der Waals surface area contributed by atoms with Gasteiger partial charge in [-0.1, -0.05) is 47.7 Å². The summed E-state index contributed by atoms with van der Waals surface area (Å²) in [7, 11) is 0. The van der Waals surface area contributed by atoms with Crippen LogP contribution < -0.4 is 10.2 Å². The summed E-state index contributed by atoms with van der Waals surface area (Å²) in [5.74, 6) is -0.205. The van der Waals surface area contributed by atoms with Crippen LogP contribution in [0.1, 0.15) is 12.0 Å². The molecule has 1 aliphatic rings. The molecule has 1 aliphatic heterocycles. The lowest BCUT2D eigenvalue weighted by Gasteiger charge is -2.37. The highest BCUT2D eigenvalue weighted by Gasteiger charge is 2.34. The summed E-state index contributed by atoms with van der Waals surface area (Å²) in [4.78, 5) is 18.6. The summed E-state index contributed by atoms with van der Waals surface area (Å²) in [6, 6.07) is 15.3. The third-order valence-electron chi connectivity index (χ3n) is 4.67. The first-order valence-electron chi connectivity index (χ1n) is 8.82. The Kier molecular flexibility index (Phi) is 4.84. The number of para-hydroxylation sites is 1. The van der Waals surface area contributed by atoms with E-state index in [1.807, 2.05) is 29.2 Å². The molecule has 1 aromatic heterocycles. The normalized spacial score (nSPS) is 14.4. The zero-order valence-corrected chi connectivity index (χ0v) is 15.1. The Bertz CT molecular complexity index is 906. The number of rotatable bonds is 6. The number of thiazole rings is 1. The number of hydrogen-bond acceptors (Lipinski definition) is 4. The van der Waals surface area contributed by atoms with Crippen molar-refractivity contribution in [2.45, 2.75) is 12.8 Å². The Balaban J connectivity index is 1.23. The summed E-state index contributed by atoms with van der Waals surface area (Å²) in [5.41, 5.74) is 1.71. The quantitative estimate of drug-likeness (QED) is 0.675. The topological polar surface area (TPSA) is 45.2 Å². The predicted octanol–water partition coefficient (Wildman–Crippen LogP) is 3.62. The Morgan fingerprint density at radius 2 is 2.00 bits per heavy atom. The number of carbonyl (C=O) groups excluding carboxylic acids is 1. The van der Waals surface area contributed by atoms with Gasteiger partial charge in [-0.2, -0.15) is 0 Å². The third-order valence-corrected chi connectivity index (χ3v) is 5.75. The van der Waals surface area contributed by atoms with Crippen molar-refractivity contribution in [3.8, 4) is 0 Å². The van der Waals surface area contributed by atoms with E-state index in [2.05, 4.69) is 22.4 Å². The predicted molar refractivity (Wildman–Crippen MR) is 103 cm³/mol. The van der Waals surface area contributed by atoms with Crippen molar-refractivity contribution in [1.82, 2.24) is 10.3 Å². The minimum Gasteiger partial charge on any atom is -0.356 e. The van der Waals surface area contributed by atoms with E-state index >= 15 is 0 Å². The summed E-state index contributed by atoms with van der Waals surface area (Å²) in [6.45, 7) is 1.98. The Morgan fingerprint density at radius 3 is 2.77 bits per heavy atom. The number of hydrogen-bond donors (Lipinski definition) is 1. The molecule has 0 bridgehead atoms. The van der Waals surface area contributed by atoms with Gasteiger partial charge in [0.25, 0.3) is 0 Å². The van der Waals surface area contributed by atoms with Crippen molar-refractivity contribution >= 4 is 32.6 Å². The summed E-state index contributed by atoms with van der Waals surface area (Å²) in [5, 5.41) is 3.81. The van der Waals surface area contributed by atoms with Gasteiger partial charge in [0.1, 0.15) is 11.3 Å². The molecule has 0 saturated carbocycles. The van der Waals surface area contributed by atoms with Gasteiger partial charge in [-0.05, 0) is 30.5 Å². The van der Waals surface area contributed by atoms with E-state index in [1.54, 1.807) is 6.07 Å². The van der Waals surface area contributed by atoms with E-state index in [9.17, 15) is 9.18 Å². The van der Waals surface area contributed by atoms with Crippen molar-refractivity contribution in [3.05, 3.63) is 59.9 Å². The van der Waals surface area contributed by atoms with Crippen LogP contribution in [0.25, 0.3) is 10.2 Å². The largest absolute Gasteiger partial charge is 0.356 e. The van der Waals surface area contributed by atoms with Crippen molar-refractivity contribution < 1.29 is 9.18 Å². The van der Waals surface area contributed by atoms with Gasteiger partial charge in [-0.3, -0.25) is 4.79 Å². The van der Waals surface area contributed by atoms with Crippen LogP contribution in [-0.4, -0.2) is 30.5 Å². The van der Waals surface area contributed by atoms with Gasteiger partial charge in [0.2, 0.25) is 5.91 Å². The number of nitrogens with zero attached hydrogens (tertiary/aromatic N) is 2. The average Bonchev–Trinajstić information content (AvgIpc) is 3.03. The number of halogens is 1. The fourth-order valence-electron chi connectivity index (χ4n) is 3.13. The minimum atomic E-state index is -0.293. The second kappa shape index (κ2) is 7.41. The molecule has 134 valence electrons. The Morgan fingerprint density at radius 1 is 1.19 bits per heavy atom. The van der Waals surface area contributed by atoms with Gasteiger partial charge in [0.05, 0.1) is 10.6 Å². The number of aryl methyl sites for hydroxylation is 1. The van der Waals surface area contributed by atoms with Crippen molar-refractivity contribution in [2.24, 2.45) is 5.92 Å². The molecule has 0 spiro atoms. The van der Waals surface area contributed by atoms with Crippen molar-refractivity contribution in [2.75, 3.05) is 24.5 Å². The average molecular weight is 369 g/mol. The molecule has 2 heterocycles. The van der Waals surface area contributed by atoms with Gasteiger partial charge in [0.15, 0.2) is 5.13 Å². The summed E-state index contributed by atoms with van der Waals surface area (Å²) < 4.78 is 14.6. The highest BCUT2D eigenvalue weighted by atomic mass is 32.1. The maximum absolute atomic E-state index is 13.7. The number of amides is 1. The number of aromatic nitrogens is 1. The second-order valence-corrected chi connectivity index (χ2v) is 7.57. The van der Waals surface area contributed by atoms with E-state index in [1.165, 1.54) is 23.0 Å². The Labute approximate surface area is 155 Å². The molecule has 3 aromatic rings. The van der Waals surface area contributed by atoms with E-state index in [-0.39, 0.29) is 17.6 Å². The molecule has 4 rings (SSSR count). The van der Waals surface area contributed by atoms with Crippen LogP contribution in [-0.2, 0) is 11.2 Å². The lowest BCUT2D eigenvalue weighted by atomic mass is 10.00. The maximum Gasteiger partial charge on any atom is 0.226 e. The smallest absolute Gasteiger partial charge is 0.226 e. The van der Waals surface area contributed by atoms with Crippen LogP contribution in [0, 0.1) is 11.7 Å². The molecule has 1 amide bonds. The SMILES string of the molecule is O=C(NCCCc1ccccc1)C1CN(c2nc3c(F)cccc3s2)C1. The minimum absolute atomic E-state index is 0.0106. The molecule has 26 heavy (non-hydrogen) atoms. The monoisotopic (exact) mass is 369 g/mol. The molecule has 1 saturated heterocycles. The molecule has 1 fully saturated rings.